The summed E-state index contributed by atoms with van der Waals surface area (Å²) in [5.41, 5.74) is 0.661. The van der Waals surface area contributed by atoms with Crippen LogP contribution in [0.4, 0.5) is 4.39 Å². The molecule has 1 rings (SSSR count). The molecule has 5 heteroatoms. The molecule has 0 aliphatic heterocycles. The molecule has 0 spiro atoms. The highest BCUT2D eigenvalue weighted by Crippen LogP contribution is 2.18. The lowest BCUT2D eigenvalue weighted by Gasteiger charge is -2.08. The average molecular weight is 246 g/mol. The van der Waals surface area contributed by atoms with E-state index in [1.807, 2.05) is 0 Å². The maximum atomic E-state index is 12.8. The van der Waals surface area contributed by atoms with Crippen molar-refractivity contribution in [3.8, 4) is 5.75 Å². The van der Waals surface area contributed by atoms with Crippen LogP contribution in [0.15, 0.2) is 18.2 Å². The number of halogens is 1. The Balaban J connectivity index is 2.56. The molecule has 0 N–H and O–H groups in total. The first-order valence-electron chi connectivity index (χ1n) is 5.04. The monoisotopic (exact) mass is 246 g/mol. The quantitative estimate of drug-likeness (QED) is 0.797. The first-order chi connectivity index (χ1) is 7.44. The van der Waals surface area contributed by atoms with E-state index in [9.17, 15) is 12.8 Å². The predicted molar refractivity (Wildman–Crippen MR) is 61.0 cm³/mol. The molecule has 1 aromatic carbocycles. The summed E-state index contributed by atoms with van der Waals surface area (Å²) in [7, 11) is -3.01. The van der Waals surface area contributed by atoms with Gasteiger partial charge in [0.2, 0.25) is 0 Å². The van der Waals surface area contributed by atoms with E-state index in [0.717, 1.165) is 0 Å². The summed E-state index contributed by atoms with van der Waals surface area (Å²) in [6.07, 6.45) is 0. The number of sulfone groups is 1. The number of ether oxygens (including phenoxy) is 1. The van der Waals surface area contributed by atoms with Gasteiger partial charge in [0.15, 0.2) is 9.84 Å². The molecule has 0 saturated carbocycles. The van der Waals surface area contributed by atoms with Gasteiger partial charge in [-0.15, -0.1) is 0 Å². The molecule has 0 bridgehead atoms. The van der Waals surface area contributed by atoms with E-state index >= 15 is 0 Å². The van der Waals surface area contributed by atoms with Crippen LogP contribution in [0.5, 0.6) is 5.75 Å². The van der Waals surface area contributed by atoms with E-state index in [-0.39, 0.29) is 23.9 Å². The van der Waals surface area contributed by atoms with E-state index in [2.05, 4.69) is 0 Å². The van der Waals surface area contributed by atoms with Crippen molar-refractivity contribution < 1.29 is 17.5 Å². The summed E-state index contributed by atoms with van der Waals surface area (Å²) < 4.78 is 40.4. The first kappa shape index (κ1) is 13.0. The molecule has 0 heterocycles. The van der Waals surface area contributed by atoms with Gasteiger partial charge >= 0.3 is 0 Å². The smallest absolute Gasteiger partial charge is 0.153 e. The predicted octanol–water partition coefficient (Wildman–Crippen LogP) is 1.95. The summed E-state index contributed by atoms with van der Waals surface area (Å²) >= 11 is 0. The minimum Gasteiger partial charge on any atom is -0.492 e. The van der Waals surface area contributed by atoms with E-state index in [0.29, 0.717) is 11.3 Å². The molecule has 0 radical (unpaired) electrons. The Hall–Kier alpha value is -1.10. The van der Waals surface area contributed by atoms with Crippen molar-refractivity contribution in [3.63, 3.8) is 0 Å². The van der Waals surface area contributed by atoms with Crippen molar-refractivity contribution in [2.75, 3.05) is 18.1 Å². The fraction of sp³-hybridized carbons (Fsp3) is 0.455. The topological polar surface area (TPSA) is 43.4 Å². The van der Waals surface area contributed by atoms with Gasteiger partial charge in [0.1, 0.15) is 18.2 Å². The summed E-state index contributed by atoms with van der Waals surface area (Å²) in [6.45, 7) is 3.41. The molecule has 0 unspecified atom stereocenters. The van der Waals surface area contributed by atoms with Crippen LogP contribution < -0.4 is 4.74 Å². The number of hydrogen-bond donors (Lipinski definition) is 0. The van der Waals surface area contributed by atoms with Crippen LogP contribution in [0.1, 0.15) is 12.5 Å². The molecule has 0 saturated heterocycles. The van der Waals surface area contributed by atoms with Crippen molar-refractivity contribution >= 4 is 9.84 Å². The highest BCUT2D eigenvalue weighted by Gasteiger charge is 2.08. The van der Waals surface area contributed by atoms with Crippen molar-refractivity contribution in [2.45, 2.75) is 13.8 Å². The number of benzene rings is 1. The Morgan fingerprint density at radius 1 is 1.38 bits per heavy atom. The summed E-state index contributed by atoms with van der Waals surface area (Å²) in [5, 5.41) is 0. The van der Waals surface area contributed by atoms with E-state index in [4.69, 9.17) is 4.74 Å². The zero-order valence-electron chi connectivity index (χ0n) is 9.36. The largest absolute Gasteiger partial charge is 0.492 e. The van der Waals surface area contributed by atoms with Crippen LogP contribution in [0.3, 0.4) is 0 Å². The Morgan fingerprint density at radius 3 is 2.62 bits per heavy atom. The van der Waals surface area contributed by atoms with Crippen molar-refractivity contribution in [3.05, 3.63) is 29.6 Å². The molecule has 3 nitrogen and oxygen atoms in total. The molecular formula is C11H15FO3S. The standard InChI is InChI=1S/C11H15FO3S/c1-3-16(13,14)7-6-15-11-5-4-10(12)8-9(11)2/h4-5,8H,3,6-7H2,1-2H3. The van der Waals surface area contributed by atoms with Gasteiger partial charge in [0, 0.05) is 5.75 Å². The molecule has 0 fully saturated rings. The van der Waals surface area contributed by atoms with Crippen molar-refractivity contribution in [1.29, 1.82) is 0 Å². The zero-order chi connectivity index (χ0) is 12.2. The van der Waals surface area contributed by atoms with Gasteiger partial charge in [0.05, 0.1) is 5.75 Å². The molecule has 0 aliphatic carbocycles. The molecule has 0 atom stereocenters. The van der Waals surface area contributed by atoms with Crippen LogP contribution in [0.2, 0.25) is 0 Å². The highest BCUT2D eigenvalue weighted by atomic mass is 32.2. The second-order valence-electron chi connectivity index (χ2n) is 3.49. The van der Waals surface area contributed by atoms with E-state index in [1.54, 1.807) is 13.8 Å². The third kappa shape index (κ3) is 3.81. The number of aryl methyl sites for hydroxylation is 1. The normalized spacial score (nSPS) is 11.4. The molecule has 90 valence electrons. The minimum atomic E-state index is -3.01. The molecular weight excluding hydrogens is 231 g/mol. The fourth-order valence-electron chi connectivity index (χ4n) is 1.20. The van der Waals surface area contributed by atoms with Gasteiger partial charge in [0.25, 0.3) is 0 Å². The third-order valence-electron chi connectivity index (χ3n) is 2.23. The lowest BCUT2D eigenvalue weighted by molar-refractivity contribution is 0.338. The van der Waals surface area contributed by atoms with Gasteiger partial charge in [-0.25, -0.2) is 12.8 Å². The molecule has 16 heavy (non-hydrogen) atoms. The molecule has 0 aromatic heterocycles. The zero-order valence-corrected chi connectivity index (χ0v) is 10.2. The maximum absolute atomic E-state index is 12.8. The van der Waals surface area contributed by atoms with Gasteiger partial charge in [-0.05, 0) is 30.7 Å². The summed E-state index contributed by atoms with van der Waals surface area (Å²) in [4.78, 5) is 0. The van der Waals surface area contributed by atoms with Crippen molar-refractivity contribution in [1.82, 2.24) is 0 Å². The average Bonchev–Trinajstić information content (AvgIpc) is 2.21. The third-order valence-corrected chi connectivity index (χ3v) is 3.90. The SMILES string of the molecule is CCS(=O)(=O)CCOc1ccc(F)cc1C. The lowest BCUT2D eigenvalue weighted by Crippen LogP contribution is -2.15. The molecule has 1 aromatic rings. The van der Waals surface area contributed by atoms with Crippen LogP contribution in [0.25, 0.3) is 0 Å². The van der Waals surface area contributed by atoms with Gasteiger partial charge in [-0.1, -0.05) is 6.92 Å². The van der Waals surface area contributed by atoms with E-state index < -0.39 is 9.84 Å². The van der Waals surface area contributed by atoms with Crippen LogP contribution >= 0.6 is 0 Å². The second kappa shape index (κ2) is 5.30. The van der Waals surface area contributed by atoms with Gasteiger partial charge in [-0.2, -0.15) is 0 Å². The number of rotatable bonds is 5. The maximum Gasteiger partial charge on any atom is 0.153 e. The Labute approximate surface area is 95.2 Å². The summed E-state index contributed by atoms with van der Waals surface area (Å²) in [5.74, 6) is 0.290. The van der Waals surface area contributed by atoms with Gasteiger partial charge < -0.3 is 4.74 Å². The van der Waals surface area contributed by atoms with Gasteiger partial charge in [-0.3, -0.25) is 0 Å². The summed E-state index contributed by atoms with van der Waals surface area (Å²) in [6, 6.07) is 4.14. The lowest BCUT2D eigenvalue weighted by atomic mass is 10.2. The Bertz CT molecular complexity index is 454. The first-order valence-corrected chi connectivity index (χ1v) is 6.86. The van der Waals surface area contributed by atoms with Crippen LogP contribution in [0, 0.1) is 12.7 Å². The minimum absolute atomic E-state index is 0.0136. The number of hydrogen-bond acceptors (Lipinski definition) is 3. The fourth-order valence-corrected chi connectivity index (χ4v) is 1.82. The van der Waals surface area contributed by atoms with Crippen LogP contribution in [-0.2, 0) is 9.84 Å². The molecule has 0 aliphatic rings. The van der Waals surface area contributed by atoms with Crippen LogP contribution in [-0.4, -0.2) is 26.5 Å². The Kier molecular flexibility index (Phi) is 4.29. The second-order valence-corrected chi connectivity index (χ2v) is 5.97. The van der Waals surface area contributed by atoms with E-state index in [1.165, 1.54) is 18.2 Å². The van der Waals surface area contributed by atoms with Crippen molar-refractivity contribution in [2.24, 2.45) is 0 Å². The Morgan fingerprint density at radius 2 is 2.06 bits per heavy atom. The molecule has 0 amide bonds. The highest BCUT2D eigenvalue weighted by molar-refractivity contribution is 7.91.